The van der Waals surface area contributed by atoms with Gasteiger partial charge in [0, 0.05) is 25.2 Å². The maximum absolute atomic E-state index is 5.64. The summed E-state index contributed by atoms with van der Waals surface area (Å²) in [7, 11) is 0. The van der Waals surface area contributed by atoms with Crippen LogP contribution >= 0.6 is 0 Å². The lowest BCUT2D eigenvalue weighted by molar-refractivity contribution is 0.0768. The summed E-state index contributed by atoms with van der Waals surface area (Å²) < 4.78 is 5.64. The van der Waals surface area contributed by atoms with E-state index in [1.54, 1.807) is 6.26 Å². The topological polar surface area (TPSA) is 28.4 Å². The summed E-state index contributed by atoms with van der Waals surface area (Å²) in [6, 6.07) is 16.1. The maximum atomic E-state index is 5.64. The summed E-state index contributed by atoms with van der Waals surface area (Å²) in [6.07, 6.45) is 2.92. The van der Waals surface area contributed by atoms with Crippen LogP contribution in [0.2, 0.25) is 0 Å². The number of piperazine rings is 1. The van der Waals surface area contributed by atoms with Gasteiger partial charge in [0.15, 0.2) is 0 Å². The van der Waals surface area contributed by atoms with Crippen molar-refractivity contribution in [3.63, 3.8) is 0 Å². The number of furan rings is 1. The van der Waals surface area contributed by atoms with Gasteiger partial charge in [0.05, 0.1) is 12.3 Å². The second kappa shape index (κ2) is 6.46. The lowest BCUT2D eigenvalue weighted by atomic mass is 9.97. The smallest absolute Gasteiger partial charge is 0.120 e. The third kappa shape index (κ3) is 3.04. The Bertz CT molecular complexity index is 538. The standard InChI is InChI=1S/C18H24N2O/c1-3-16-13-20(14(2)18-10-7-11-21-18)17(12-19-16)15-8-5-4-6-9-15/h4-11,14,16-17,19H,3,12-13H2,1-2H3. The van der Waals surface area contributed by atoms with E-state index in [1.807, 2.05) is 6.07 Å². The van der Waals surface area contributed by atoms with Crippen LogP contribution in [0.25, 0.3) is 0 Å². The van der Waals surface area contributed by atoms with Gasteiger partial charge < -0.3 is 9.73 Å². The minimum absolute atomic E-state index is 0.293. The fraction of sp³-hybridized carbons (Fsp3) is 0.444. The van der Waals surface area contributed by atoms with E-state index < -0.39 is 0 Å². The van der Waals surface area contributed by atoms with E-state index >= 15 is 0 Å². The number of benzene rings is 1. The molecule has 0 aliphatic carbocycles. The average molecular weight is 284 g/mol. The van der Waals surface area contributed by atoms with Crippen LogP contribution in [0.4, 0.5) is 0 Å². The first-order chi connectivity index (χ1) is 10.3. The van der Waals surface area contributed by atoms with Gasteiger partial charge in [0.1, 0.15) is 5.76 Å². The monoisotopic (exact) mass is 284 g/mol. The third-order valence-electron chi connectivity index (χ3n) is 4.56. The Hall–Kier alpha value is -1.58. The molecule has 21 heavy (non-hydrogen) atoms. The molecule has 3 rings (SSSR count). The number of nitrogens with one attached hydrogen (secondary N) is 1. The Morgan fingerprint density at radius 3 is 2.71 bits per heavy atom. The zero-order valence-corrected chi connectivity index (χ0v) is 12.8. The summed E-state index contributed by atoms with van der Waals surface area (Å²) in [6.45, 7) is 6.54. The van der Waals surface area contributed by atoms with Crippen LogP contribution in [0.15, 0.2) is 53.1 Å². The predicted octanol–water partition coefficient (Wildman–Crippen LogP) is 3.77. The van der Waals surface area contributed by atoms with Crippen molar-refractivity contribution >= 4 is 0 Å². The van der Waals surface area contributed by atoms with Gasteiger partial charge in [0.2, 0.25) is 0 Å². The summed E-state index contributed by atoms with van der Waals surface area (Å²) in [5, 5.41) is 3.68. The highest BCUT2D eigenvalue weighted by molar-refractivity contribution is 5.21. The van der Waals surface area contributed by atoms with Crippen LogP contribution in [0.5, 0.6) is 0 Å². The lowest BCUT2D eigenvalue weighted by Crippen LogP contribution is -2.52. The summed E-state index contributed by atoms with van der Waals surface area (Å²) in [4.78, 5) is 2.57. The summed E-state index contributed by atoms with van der Waals surface area (Å²) >= 11 is 0. The van der Waals surface area contributed by atoms with Gasteiger partial charge in [-0.15, -0.1) is 0 Å². The minimum Gasteiger partial charge on any atom is -0.468 e. The number of nitrogens with zero attached hydrogens (tertiary/aromatic N) is 1. The molecule has 0 spiro atoms. The van der Waals surface area contributed by atoms with E-state index in [0.717, 1.165) is 25.3 Å². The van der Waals surface area contributed by atoms with Crippen molar-refractivity contribution in [2.75, 3.05) is 13.1 Å². The SMILES string of the molecule is CCC1CN(C(C)c2ccco2)C(c2ccccc2)CN1. The van der Waals surface area contributed by atoms with Crippen LogP contribution in [0.1, 0.15) is 43.7 Å². The molecule has 3 nitrogen and oxygen atoms in total. The zero-order valence-electron chi connectivity index (χ0n) is 12.8. The number of hydrogen-bond acceptors (Lipinski definition) is 3. The maximum Gasteiger partial charge on any atom is 0.120 e. The Balaban J connectivity index is 1.87. The van der Waals surface area contributed by atoms with Crippen molar-refractivity contribution < 1.29 is 4.42 Å². The highest BCUT2D eigenvalue weighted by atomic mass is 16.3. The van der Waals surface area contributed by atoms with Crippen LogP contribution in [-0.4, -0.2) is 24.0 Å². The second-order valence-corrected chi connectivity index (χ2v) is 5.83. The van der Waals surface area contributed by atoms with E-state index in [2.05, 4.69) is 60.5 Å². The van der Waals surface area contributed by atoms with Gasteiger partial charge >= 0.3 is 0 Å². The molecule has 1 saturated heterocycles. The molecule has 3 unspecified atom stereocenters. The first kappa shape index (κ1) is 14.4. The Morgan fingerprint density at radius 2 is 2.05 bits per heavy atom. The molecule has 1 aromatic carbocycles. The van der Waals surface area contributed by atoms with E-state index in [4.69, 9.17) is 4.42 Å². The first-order valence-electron chi connectivity index (χ1n) is 7.87. The fourth-order valence-electron chi connectivity index (χ4n) is 3.22. The quantitative estimate of drug-likeness (QED) is 0.926. The molecule has 1 aromatic heterocycles. The van der Waals surface area contributed by atoms with E-state index in [-0.39, 0.29) is 0 Å². The molecule has 0 radical (unpaired) electrons. The molecule has 1 N–H and O–H groups in total. The molecule has 0 amide bonds. The molecule has 3 heteroatoms. The molecule has 1 aliphatic heterocycles. The van der Waals surface area contributed by atoms with Crippen molar-refractivity contribution in [3.05, 3.63) is 60.1 Å². The molecular weight excluding hydrogens is 260 g/mol. The molecule has 112 valence electrons. The molecule has 0 bridgehead atoms. The zero-order chi connectivity index (χ0) is 14.7. The predicted molar refractivity (Wildman–Crippen MR) is 85.1 cm³/mol. The molecule has 2 heterocycles. The molecule has 3 atom stereocenters. The second-order valence-electron chi connectivity index (χ2n) is 5.83. The average Bonchev–Trinajstić information content (AvgIpc) is 3.09. The van der Waals surface area contributed by atoms with Crippen molar-refractivity contribution in [3.8, 4) is 0 Å². The van der Waals surface area contributed by atoms with Crippen LogP contribution in [-0.2, 0) is 0 Å². The normalized spacial score (nSPS) is 24.9. The van der Waals surface area contributed by atoms with E-state index in [9.17, 15) is 0 Å². The highest BCUT2D eigenvalue weighted by Crippen LogP contribution is 2.33. The van der Waals surface area contributed by atoms with Crippen molar-refractivity contribution in [2.45, 2.75) is 38.4 Å². The largest absolute Gasteiger partial charge is 0.468 e. The van der Waals surface area contributed by atoms with E-state index in [0.29, 0.717) is 18.1 Å². The fourth-order valence-corrected chi connectivity index (χ4v) is 3.22. The number of rotatable bonds is 4. The van der Waals surface area contributed by atoms with Gasteiger partial charge in [-0.25, -0.2) is 0 Å². The molecule has 0 saturated carbocycles. The Kier molecular flexibility index (Phi) is 4.42. The van der Waals surface area contributed by atoms with Crippen molar-refractivity contribution in [1.82, 2.24) is 10.2 Å². The first-order valence-corrected chi connectivity index (χ1v) is 7.87. The van der Waals surface area contributed by atoms with E-state index in [1.165, 1.54) is 5.56 Å². The lowest BCUT2D eigenvalue weighted by Gasteiger charge is -2.43. The summed E-state index contributed by atoms with van der Waals surface area (Å²) in [5.41, 5.74) is 1.37. The summed E-state index contributed by atoms with van der Waals surface area (Å²) in [5.74, 6) is 1.05. The molecule has 1 fully saturated rings. The molecule has 2 aromatic rings. The van der Waals surface area contributed by atoms with Gasteiger partial charge in [-0.1, -0.05) is 37.3 Å². The van der Waals surface area contributed by atoms with Gasteiger partial charge in [0.25, 0.3) is 0 Å². The number of hydrogen-bond donors (Lipinski definition) is 1. The molecule has 1 aliphatic rings. The minimum atomic E-state index is 0.293. The van der Waals surface area contributed by atoms with Gasteiger partial charge in [-0.3, -0.25) is 4.90 Å². The van der Waals surface area contributed by atoms with Crippen molar-refractivity contribution in [2.24, 2.45) is 0 Å². The van der Waals surface area contributed by atoms with Crippen LogP contribution in [0.3, 0.4) is 0 Å². The van der Waals surface area contributed by atoms with Crippen LogP contribution < -0.4 is 5.32 Å². The highest BCUT2D eigenvalue weighted by Gasteiger charge is 2.32. The Labute approximate surface area is 127 Å². The molecular formula is C18H24N2O. The van der Waals surface area contributed by atoms with Gasteiger partial charge in [-0.2, -0.15) is 0 Å². The Morgan fingerprint density at radius 1 is 1.24 bits per heavy atom. The van der Waals surface area contributed by atoms with Crippen molar-refractivity contribution in [1.29, 1.82) is 0 Å². The third-order valence-corrected chi connectivity index (χ3v) is 4.56. The van der Waals surface area contributed by atoms with Crippen LogP contribution in [0, 0.1) is 0 Å². The van der Waals surface area contributed by atoms with Gasteiger partial charge in [-0.05, 0) is 31.0 Å².